The summed E-state index contributed by atoms with van der Waals surface area (Å²) in [5.41, 5.74) is 0.757. The average Bonchev–Trinajstić information content (AvgIpc) is 3.03. The number of ether oxygens (including phenoxy) is 1. The van der Waals surface area contributed by atoms with Crippen molar-refractivity contribution in [2.24, 2.45) is 0 Å². The van der Waals surface area contributed by atoms with E-state index < -0.39 is 5.60 Å². The molecule has 1 saturated heterocycles. The van der Waals surface area contributed by atoms with Crippen molar-refractivity contribution in [3.05, 3.63) is 28.2 Å². The summed E-state index contributed by atoms with van der Waals surface area (Å²) in [5, 5.41) is 0. The molecule has 1 aliphatic heterocycles. The Morgan fingerprint density at radius 2 is 2.22 bits per heavy atom. The Labute approximate surface area is 142 Å². The Kier molecular flexibility index (Phi) is 4.08. The van der Waals surface area contributed by atoms with Crippen LogP contribution in [-0.4, -0.2) is 33.1 Å². The summed E-state index contributed by atoms with van der Waals surface area (Å²) in [6, 6.07) is 2.87. The van der Waals surface area contributed by atoms with Gasteiger partial charge in [-0.15, -0.1) is 0 Å². The van der Waals surface area contributed by atoms with Crippen molar-refractivity contribution in [2.75, 3.05) is 6.54 Å². The standard InChI is InChI=1S/C16H19BrFN3O2/c1-16(2,3)23-15(22)21-6-4-5-13(21)14-19-11-7-9(17)10(18)8-12(11)20-14/h7-8,13H,4-6H2,1-3H3,(H,19,20). The Hall–Kier alpha value is -1.63. The van der Waals surface area contributed by atoms with Gasteiger partial charge < -0.3 is 9.72 Å². The van der Waals surface area contributed by atoms with Crippen molar-refractivity contribution >= 4 is 33.1 Å². The number of fused-ring (bicyclic) bond motifs is 1. The van der Waals surface area contributed by atoms with Gasteiger partial charge in [0.2, 0.25) is 0 Å². The second-order valence-electron chi connectivity index (χ2n) is 6.74. The van der Waals surface area contributed by atoms with Gasteiger partial charge in [-0.05, 0) is 55.6 Å². The number of amides is 1. The minimum absolute atomic E-state index is 0.168. The molecule has 1 amide bonds. The van der Waals surface area contributed by atoms with Crippen molar-refractivity contribution < 1.29 is 13.9 Å². The molecule has 1 aromatic carbocycles. The van der Waals surface area contributed by atoms with E-state index in [1.54, 1.807) is 11.0 Å². The maximum atomic E-state index is 13.6. The number of imidazole rings is 1. The first-order valence-electron chi connectivity index (χ1n) is 7.59. The van der Waals surface area contributed by atoms with Gasteiger partial charge in [0.25, 0.3) is 0 Å². The van der Waals surface area contributed by atoms with E-state index in [4.69, 9.17) is 4.74 Å². The third-order valence-electron chi connectivity index (χ3n) is 3.74. The summed E-state index contributed by atoms with van der Waals surface area (Å²) in [4.78, 5) is 21.7. The van der Waals surface area contributed by atoms with Gasteiger partial charge in [-0.1, -0.05) is 0 Å². The van der Waals surface area contributed by atoms with E-state index >= 15 is 0 Å². The molecule has 1 unspecified atom stereocenters. The number of nitrogens with one attached hydrogen (secondary N) is 1. The average molecular weight is 384 g/mol. The van der Waals surface area contributed by atoms with Crippen molar-refractivity contribution in [3.63, 3.8) is 0 Å². The molecule has 0 bridgehead atoms. The zero-order chi connectivity index (χ0) is 16.8. The summed E-state index contributed by atoms with van der Waals surface area (Å²) in [7, 11) is 0. The van der Waals surface area contributed by atoms with Gasteiger partial charge in [-0.25, -0.2) is 14.2 Å². The predicted molar refractivity (Wildman–Crippen MR) is 88.7 cm³/mol. The highest BCUT2D eigenvalue weighted by atomic mass is 79.9. The molecule has 0 saturated carbocycles. The first-order chi connectivity index (χ1) is 10.7. The molecular weight excluding hydrogens is 365 g/mol. The SMILES string of the molecule is CC(C)(C)OC(=O)N1CCCC1c1nc2cc(F)c(Br)cc2[nH]1. The highest BCUT2D eigenvalue weighted by Gasteiger charge is 2.34. The molecule has 2 aromatic rings. The zero-order valence-corrected chi connectivity index (χ0v) is 14.9. The van der Waals surface area contributed by atoms with Crippen LogP contribution in [0.1, 0.15) is 45.5 Å². The van der Waals surface area contributed by atoms with Crippen molar-refractivity contribution in [1.29, 1.82) is 0 Å². The van der Waals surface area contributed by atoms with E-state index in [2.05, 4.69) is 25.9 Å². The van der Waals surface area contributed by atoms with Gasteiger partial charge in [-0.3, -0.25) is 4.90 Å². The lowest BCUT2D eigenvalue weighted by atomic mass is 10.2. The van der Waals surface area contributed by atoms with Crippen LogP contribution >= 0.6 is 15.9 Å². The molecule has 3 rings (SSSR count). The van der Waals surface area contributed by atoms with Crippen LogP contribution < -0.4 is 0 Å². The normalized spacial score (nSPS) is 18.7. The largest absolute Gasteiger partial charge is 0.444 e. The zero-order valence-electron chi connectivity index (χ0n) is 13.3. The molecular formula is C16H19BrFN3O2. The molecule has 0 spiro atoms. The summed E-state index contributed by atoms with van der Waals surface area (Å²) in [6.07, 6.45) is 1.36. The van der Waals surface area contributed by atoms with E-state index in [0.717, 1.165) is 18.4 Å². The first kappa shape index (κ1) is 16.2. The number of H-pyrrole nitrogens is 1. The van der Waals surface area contributed by atoms with E-state index in [1.165, 1.54) is 6.07 Å². The molecule has 1 aliphatic rings. The van der Waals surface area contributed by atoms with E-state index in [-0.39, 0.29) is 18.0 Å². The summed E-state index contributed by atoms with van der Waals surface area (Å²) in [6.45, 7) is 6.17. The second kappa shape index (κ2) is 5.78. The lowest BCUT2D eigenvalue weighted by Gasteiger charge is -2.27. The van der Waals surface area contributed by atoms with Crippen LogP contribution in [0.2, 0.25) is 0 Å². The number of hydrogen-bond acceptors (Lipinski definition) is 3. The van der Waals surface area contributed by atoms with Crippen LogP contribution in [0.4, 0.5) is 9.18 Å². The number of likely N-dealkylation sites (tertiary alicyclic amines) is 1. The maximum absolute atomic E-state index is 13.6. The molecule has 124 valence electrons. The minimum Gasteiger partial charge on any atom is -0.444 e. The molecule has 1 aromatic heterocycles. The number of halogens is 2. The molecule has 1 atom stereocenters. The number of nitrogens with zero attached hydrogens (tertiary/aromatic N) is 2. The monoisotopic (exact) mass is 383 g/mol. The number of carbonyl (C=O) groups excluding carboxylic acids is 1. The van der Waals surface area contributed by atoms with Crippen LogP contribution in [0, 0.1) is 5.82 Å². The highest BCUT2D eigenvalue weighted by molar-refractivity contribution is 9.10. The topological polar surface area (TPSA) is 58.2 Å². The Balaban J connectivity index is 1.89. The summed E-state index contributed by atoms with van der Waals surface area (Å²) in [5.74, 6) is 0.312. The number of aromatic amines is 1. The number of carbonyl (C=O) groups is 1. The van der Waals surface area contributed by atoms with Crippen LogP contribution in [-0.2, 0) is 4.74 Å². The van der Waals surface area contributed by atoms with Crippen LogP contribution in [0.5, 0.6) is 0 Å². The van der Waals surface area contributed by atoms with Crippen molar-refractivity contribution in [1.82, 2.24) is 14.9 Å². The van der Waals surface area contributed by atoms with Crippen LogP contribution in [0.3, 0.4) is 0 Å². The third-order valence-corrected chi connectivity index (χ3v) is 4.35. The molecule has 7 heteroatoms. The maximum Gasteiger partial charge on any atom is 0.410 e. The van der Waals surface area contributed by atoms with E-state index in [0.29, 0.717) is 22.4 Å². The number of rotatable bonds is 1. The fourth-order valence-corrected chi connectivity index (χ4v) is 3.12. The first-order valence-corrected chi connectivity index (χ1v) is 8.38. The highest BCUT2D eigenvalue weighted by Crippen LogP contribution is 2.33. The van der Waals surface area contributed by atoms with Crippen molar-refractivity contribution in [2.45, 2.75) is 45.3 Å². The van der Waals surface area contributed by atoms with Crippen molar-refractivity contribution in [3.8, 4) is 0 Å². The Morgan fingerprint density at radius 1 is 1.48 bits per heavy atom. The van der Waals surface area contributed by atoms with Gasteiger partial charge in [0.05, 0.1) is 21.5 Å². The number of hydrogen-bond donors (Lipinski definition) is 1. The quantitative estimate of drug-likeness (QED) is 0.786. The van der Waals surface area contributed by atoms with E-state index in [1.807, 2.05) is 20.8 Å². The molecule has 2 heterocycles. The molecule has 1 fully saturated rings. The fourth-order valence-electron chi connectivity index (χ4n) is 2.77. The molecule has 0 radical (unpaired) electrons. The van der Waals surface area contributed by atoms with Gasteiger partial charge in [-0.2, -0.15) is 0 Å². The van der Waals surface area contributed by atoms with Gasteiger partial charge in [0, 0.05) is 12.6 Å². The Morgan fingerprint density at radius 3 is 2.91 bits per heavy atom. The lowest BCUT2D eigenvalue weighted by Crippen LogP contribution is -2.36. The number of aromatic nitrogens is 2. The third kappa shape index (κ3) is 3.34. The van der Waals surface area contributed by atoms with Gasteiger partial charge in [0.1, 0.15) is 17.2 Å². The molecule has 23 heavy (non-hydrogen) atoms. The van der Waals surface area contributed by atoms with Crippen LogP contribution in [0.15, 0.2) is 16.6 Å². The predicted octanol–water partition coefficient (Wildman–Crippen LogP) is 4.54. The van der Waals surface area contributed by atoms with Gasteiger partial charge in [0.15, 0.2) is 0 Å². The number of benzene rings is 1. The Bertz CT molecular complexity index is 715. The fraction of sp³-hybridized carbons (Fsp3) is 0.500. The minimum atomic E-state index is -0.536. The molecule has 1 N–H and O–H groups in total. The second-order valence-corrected chi connectivity index (χ2v) is 7.59. The van der Waals surface area contributed by atoms with Crippen LogP contribution in [0.25, 0.3) is 11.0 Å². The molecule has 5 nitrogen and oxygen atoms in total. The van der Waals surface area contributed by atoms with Gasteiger partial charge >= 0.3 is 6.09 Å². The summed E-state index contributed by atoms with van der Waals surface area (Å²) < 4.78 is 19.5. The molecule has 0 aliphatic carbocycles. The van der Waals surface area contributed by atoms with E-state index in [9.17, 15) is 9.18 Å². The smallest absolute Gasteiger partial charge is 0.410 e. The lowest BCUT2D eigenvalue weighted by molar-refractivity contribution is 0.0219. The summed E-state index contributed by atoms with van der Waals surface area (Å²) >= 11 is 3.17.